The molecule has 0 unspecified atom stereocenters. The van der Waals surface area contributed by atoms with Crippen LogP contribution in [0.15, 0.2) is 28.7 Å². The number of nitrogens with zero attached hydrogens (tertiary/aromatic N) is 2. The highest BCUT2D eigenvalue weighted by Gasteiger charge is 2.22. The molecule has 0 radical (unpaired) electrons. The fraction of sp³-hybridized carbons (Fsp3) is 0.286. The number of hydrogen-bond donors (Lipinski definition) is 1. The van der Waals surface area contributed by atoms with E-state index in [9.17, 15) is 9.18 Å². The highest BCUT2D eigenvalue weighted by Crippen LogP contribution is 2.27. The van der Waals surface area contributed by atoms with Crippen molar-refractivity contribution in [2.45, 2.75) is 25.8 Å². The van der Waals surface area contributed by atoms with E-state index in [0.29, 0.717) is 11.4 Å². The highest BCUT2D eigenvalue weighted by atomic mass is 79.9. The first-order valence-corrected chi connectivity index (χ1v) is 7.26. The summed E-state index contributed by atoms with van der Waals surface area (Å²) in [5.74, 6) is -0.619. The summed E-state index contributed by atoms with van der Waals surface area (Å²) in [4.78, 5) is 12.2. The summed E-state index contributed by atoms with van der Waals surface area (Å²) >= 11 is 3.46. The van der Waals surface area contributed by atoms with E-state index in [1.807, 2.05) is 4.68 Å². The van der Waals surface area contributed by atoms with Crippen LogP contribution >= 0.6 is 15.9 Å². The number of carbonyl (C=O) groups is 1. The maximum atomic E-state index is 12.8. The van der Waals surface area contributed by atoms with Gasteiger partial charge in [-0.15, -0.1) is 0 Å². The molecule has 104 valence electrons. The predicted octanol–water partition coefficient (Wildman–Crippen LogP) is 3.37. The number of rotatable bonds is 2. The first-order chi connectivity index (χ1) is 9.65. The number of aryl methyl sites for hydroxylation is 1. The van der Waals surface area contributed by atoms with Gasteiger partial charge in [-0.25, -0.2) is 4.39 Å². The molecule has 0 atom stereocenters. The molecule has 0 fully saturated rings. The Labute approximate surface area is 124 Å². The molecule has 0 bridgehead atoms. The Balaban J connectivity index is 1.84. The molecule has 2 heterocycles. The van der Waals surface area contributed by atoms with Crippen LogP contribution in [0.4, 0.5) is 10.1 Å². The lowest BCUT2D eigenvalue weighted by Gasteiger charge is -2.12. The molecule has 1 aliphatic heterocycles. The number of anilines is 1. The smallest absolute Gasteiger partial charge is 0.277 e. The third kappa shape index (κ3) is 2.47. The van der Waals surface area contributed by atoms with Gasteiger partial charge in [0, 0.05) is 12.2 Å². The Morgan fingerprint density at radius 2 is 2.05 bits per heavy atom. The second-order valence-corrected chi connectivity index (χ2v) is 5.54. The van der Waals surface area contributed by atoms with Gasteiger partial charge in [-0.1, -0.05) is 0 Å². The van der Waals surface area contributed by atoms with Gasteiger partial charge in [0.15, 0.2) is 5.69 Å². The Hall–Kier alpha value is -1.69. The number of aromatic nitrogens is 2. The number of fused-ring (bicyclic) bond motifs is 1. The van der Waals surface area contributed by atoms with Crippen LogP contribution in [0.5, 0.6) is 0 Å². The summed E-state index contributed by atoms with van der Waals surface area (Å²) in [6.45, 7) is 0.845. The fourth-order valence-electron chi connectivity index (χ4n) is 2.32. The first-order valence-electron chi connectivity index (χ1n) is 6.47. The van der Waals surface area contributed by atoms with Crippen molar-refractivity contribution >= 4 is 27.5 Å². The maximum absolute atomic E-state index is 12.8. The van der Waals surface area contributed by atoms with E-state index in [1.165, 1.54) is 24.3 Å². The van der Waals surface area contributed by atoms with Crippen LogP contribution < -0.4 is 5.32 Å². The number of amides is 1. The van der Waals surface area contributed by atoms with Gasteiger partial charge in [-0.05, 0) is 59.5 Å². The molecule has 0 aliphatic carbocycles. The second kappa shape index (κ2) is 5.36. The van der Waals surface area contributed by atoms with Crippen molar-refractivity contribution in [1.29, 1.82) is 0 Å². The van der Waals surface area contributed by atoms with Gasteiger partial charge in [-0.3, -0.25) is 9.48 Å². The molecule has 1 amide bonds. The van der Waals surface area contributed by atoms with E-state index >= 15 is 0 Å². The van der Waals surface area contributed by atoms with E-state index in [0.717, 1.165) is 36.0 Å². The maximum Gasteiger partial charge on any atom is 0.277 e. The molecule has 2 aromatic rings. The van der Waals surface area contributed by atoms with Crippen molar-refractivity contribution in [2.24, 2.45) is 0 Å². The van der Waals surface area contributed by atoms with Gasteiger partial charge in [0.2, 0.25) is 0 Å². The zero-order chi connectivity index (χ0) is 14.1. The molecular weight excluding hydrogens is 325 g/mol. The van der Waals surface area contributed by atoms with Gasteiger partial charge in [0.25, 0.3) is 5.91 Å². The molecule has 3 rings (SSSR count). The minimum atomic E-state index is -0.332. The van der Waals surface area contributed by atoms with Crippen LogP contribution in [0.1, 0.15) is 29.0 Å². The van der Waals surface area contributed by atoms with Crippen LogP contribution in [-0.4, -0.2) is 15.7 Å². The van der Waals surface area contributed by atoms with Gasteiger partial charge in [0.1, 0.15) is 5.82 Å². The van der Waals surface area contributed by atoms with Crippen LogP contribution in [0, 0.1) is 5.82 Å². The lowest BCUT2D eigenvalue weighted by molar-refractivity contribution is 0.102. The van der Waals surface area contributed by atoms with Crippen molar-refractivity contribution in [1.82, 2.24) is 9.78 Å². The molecule has 0 saturated heterocycles. The van der Waals surface area contributed by atoms with Crippen LogP contribution in [0.3, 0.4) is 0 Å². The number of benzene rings is 1. The minimum absolute atomic E-state index is 0.287. The fourth-order valence-corrected chi connectivity index (χ4v) is 2.98. The summed E-state index contributed by atoms with van der Waals surface area (Å²) in [5.41, 5.74) is 2.00. The summed E-state index contributed by atoms with van der Waals surface area (Å²) in [5, 5.41) is 7.07. The van der Waals surface area contributed by atoms with E-state index in [1.54, 1.807) is 0 Å². The quantitative estimate of drug-likeness (QED) is 0.913. The lowest BCUT2D eigenvalue weighted by atomic mass is 10.1. The molecule has 0 saturated carbocycles. The zero-order valence-corrected chi connectivity index (χ0v) is 12.3. The van der Waals surface area contributed by atoms with Crippen molar-refractivity contribution in [2.75, 3.05) is 5.32 Å². The molecule has 1 N–H and O–H groups in total. The summed E-state index contributed by atoms with van der Waals surface area (Å²) in [6, 6.07) is 5.67. The molecule has 6 heteroatoms. The zero-order valence-electron chi connectivity index (χ0n) is 10.7. The van der Waals surface area contributed by atoms with Crippen molar-refractivity contribution in [3.8, 4) is 0 Å². The Morgan fingerprint density at radius 3 is 2.75 bits per heavy atom. The summed E-state index contributed by atoms with van der Waals surface area (Å²) in [6.07, 6.45) is 3.13. The number of hydrogen-bond acceptors (Lipinski definition) is 2. The average molecular weight is 338 g/mol. The predicted molar refractivity (Wildman–Crippen MR) is 77.2 cm³/mol. The Kier molecular flexibility index (Phi) is 3.56. The largest absolute Gasteiger partial charge is 0.321 e. The minimum Gasteiger partial charge on any atom is -0.321 e. The van der Waals surface area contributed by atoms with E-state index in [2.05, 4.69) is 26.3 Å². The van der Waals surface area contributed by atoms with Crippen LogP contribution in [0.2, 0.25) is 0 Å². The van der Waals surface area contributed by atoms with Crippen molar-refractivity contribution in [3.63, 3.8) is 0 Å². The third-order valence-corrected chi connectivity index (χ3v) is 4.18. The van der Waals surface area contributed by atoms with Crippen molar-refractivity contribution in [3.05, 3.63) is 45.9 Å². The molecule has 0 spiro atoms. The molecule has 1 aromatic heterocycles. The van der Waals surface area contributed by atoms with Gasteiger partial charge >= 0.3 is 0 Å². The van der Waals surface area contributed by atoms with Gasteiger partial charge < -0.3 is 5.32 Å². The van der Waals surface area contributed by atoms with Gasteiger partial charge in [0.05, 0.1) is 10.2 Å². The van der Waals surface area contributed by atoms with E-state index < -0.39 is 0 Å². The first kappa shape index (κ1) is 13.3. The summed E-state index contributed by atoms with van der Waals surface area (Å²) in [7, 11) is 0. The molecule has 1 aromatic carbocycles. The summed E-state index contributed by atoms with van der Waals surface area (Å²) < 4.78 is 15.5. The van der Waals surface area contributed by atoms with Crippen LogP contribution in [0.25, 0.3) is 0 Å². The highest BCUT2D eigenvalue weighted by molar-refractivity contribution is 9.10. The Bertz CT molecular complexity index is 651. The average Bonchev–Trinajstić information content (AvgIpc) is 2.79. The van der Waals surface area contributed by atoms with E-state index in [4.69, 9.17) is 0 Å². The van der Waals surface area contributed by atoms with Crippen LogP contribution in [-0.2, 0) is 13.0 Å². The standard InChI is InChI=1S/C14H13BrFN3O/c15-12-11-3-1-2-8-19(11)18-13(12)14(20)17-10-6-4-9(16)5-7-10/h4-7H,1-3,8H2,(H,17,20). The number of carbonyl (C=O) groups excluding carboxylic acids is 1. The third-order valence-electron chi connectivity index (χ3n) is 3.34. The Morgan fingerprint density at radius 1 is 1.30 bits per heavy atom. The molecular formula is C14H13BrFN3O. The van der Waals surface area contributed by atoms with Crippen molar-refractivity contribution < 1.29 is 9.18 Å². The topological polar surface area (TPSA) is 46.9 Å². The molecule has 20 heavy (non-hydrogen) atoms. The normalized spacial score (nSPS) is 13.9. The SMILES string of the molecule is O=C(Nc1ccc(F)cc1)c1nn2c(c1Br)CCCC2. The molecule has 1 aliphatic rings. The monoisotopic (exact) mass is 337 g/mol. The second-order valence-electron chi connectivity index (χ2n) is 4.75. The number of halogens is 2. The number of nitrogens with one attached hydrogen (secondary N) is 1. The lowest BCUT2D eigenvalue weighted by Crippen LogP contribution is -2.14. The van der Waals surface area contributed by atoms with Gasteiger partial charge in [-0.2, -0.15) is 5.10 Å². The molecule has 4 nitrogen and oxygen atoms in total. The van der Waals surface area contributed by atoms with E-state index in [-0.39, 0.29) is 11.7 Å².